The SMILES string of the molecule is O=[N+]([O-])c1ccc(-n2nc(O)cc2Cl)cc1. The van der Waals surface area contributed by atoms with Crippen LogP contribution in [-0.2, 0) is 0 Å². The van der Waals surface area contributed by atoms with Crippen LogP contribution in [0.4, 0.5) is 5.69 Å². The van der Waals surface area contributed by atoms with E-state index in [4.69, 9.17) is 16.7 Å². The van der Waals surface area contributed by atoms with Crippen LogP contribution in [0.15, 0.2) is 30.3 Å². The van der Waals surface area contributed by atoms with E-state index in [1.54, 1.807) is 0 Å². The van der Waals surface area contributed by atoms with Gasteiger partial charge in [0.05, 0.1) is 10.6 Å². The monoisotopic (exact) mass is 239 g/mol. The normalized spacial score (nSPS) is 10.3. The molecular weight excluding hydrogens is 234 g/mol. The maximum atomic E-state index is 10.4. The van der Waals surface area contributed by atoms with Gasteiger partial charge in [-0.3, -0.25) is 10.1 Å². The minimum absolute atomic E-state index is 0.0174. The van der Waals surface area contributed by atoms with E-state index in [2.05, 4.69) is 5.10 Å². The molecule has 0 radical (unpaired) electrons. The maximum Gasteiger partial charge on any atom is 0.269 e. The van der Waals surface area contributed by atoms with Gasteiger partial charge in [0.2, 0.25) is 5.88 Å². The number of rotatable bonds is 2. The minimum Gasteiger partial charge on any atom is -0.492 e. The van der Waals surface area contributed by atoms with Gasteiger partial charge in [-0.1, -0.05) is 11.6 Å². The molecule has 0 fully saturated rings. The molecule has 1 heterocycles. The van der Waals surface area contributed by atoms with E-state index in [-0.39, 0.29) is 16.7 Å². The second-order valence-electron chi connectivity index (χ2n) is 3.01. The largest absolute Gasteiger partial charge is 0.492 e. The molecule has 82 valence electrons. The highest BCUT2D eigenvalue weighted by Crippen LogP contribution is 2.22. The van der Waals surface area contributed by atoms with Crippen LogP contribution in [-0.4, -0.2) is 19.8 Å². The fourth-order valence-corrected chi connectivity index (χ4v) is 1.48. The van der Waals surface area contributed by atoms with Crippen molar-refractivity contribution in [2.45, 2.75) is 0 Å². The zero-order chi connectivity index (χ0) is 11.7. The molecule has 0 aliphatic carbocycles. The lowest BCUT2D eigenvalue weighted by Crippen LogP contribution is -1.96. The number of non-ortho nitro benzene ring substituents is 1. The van der Waals surface area contributed by atoms with E-state index < -0.39 is 4.92 Å². The molecule has 0 unspecified atom stereocenters. The van der Waals surface area contributed by atoms with E-state index in [0.29, 0.717) is 5.69 Å². The molecule has 1 aromatic heterocycles. The molecule has 0 spiro atoms. The zero-order valence-electron chi connectivity index (χ0n) is 7.87. The Morgan fingerprint density at radius 2 is 2.00 bits per heavy atom. The maximum absolute atomic E-state index is 10.4. The topological polar surface area (TPSA) is 81.2 Å². The molecule has 7 heteroatoms. The lowest BCUT2D eigenvalue weighted by atomic mass is 10.3. The summed E-state index contributed by atoms with van der Waals surface area (Å²) < 4.78 is 1.28. The Morgan fingerprint density at radius 1 is 1.38 bits per heavy atom. The van der Waals surface area contributed by atoms with Crippen molar-refractivity contribution in [2.75, 3.05) is 0 Å². The fraction of sp³-hybridized carbons (Fsp3) is 0. The Morgan fingerprint density at radius 3 is 2.44 bits per heavy atom. The quantitative estimate of drug-likeness (QED) is 0.643. The third-order valence-corrected chi connectivity index (χ3v) is 2.23. The van der Waals surface area contributed by atoms with Gasteiger partial charge >= 0.3 is 0 Å². The van der Waals surface area contributed by atoms with Crippen LogP contribution in [0.25, 0.3) is 5.69 Å². The number of nitro groups is 1. The lowest BCUT2D eigenvalue weighted by Gasteiger charge is -2.01. The molecule has 1 aromatic carbocycles. The highest BCUT2D eigenvalue weighted by atomic mass is 35.5. The second kappa shape index (κ2) is 3.82. The first-order valence-electron chi connectivity index (χ1n) is 4.27. The predicted molar refractivity (Wildman–Crippen MR) is 56.9 cm³/mol. The molecule has 0 saturated heterocycles. The molecule has 0 atom stereocenters. The summed E-state index contributed by atoms with van der Waals surface area (Å²) in [5.74, 6) is -0.205. The van der Waals surface area contributed by atoms with Crippen molar-refractivity contribution in [3.63, 3.8) is 0 Å². The number of aromatic hydroxyl groups is 1. The van der Waals surface area contributed by atoms with Crippen LogP contribution in [0.2, 0.25) is 5.15 Å². The number of hydrogen-bond acceptors (Lipinski definition) is 4. The molecule has 2 rings (SSSR count). The smallest absolute Gasteiger partial charge is 0.269 e. The third-order valence-electron chi connectivity index (χ3n) is 1.96. The average molecular weight is 240 g/mol. The summed E-state index contributed by atoms with van der Waals surface area (Å²) in [7, 11) is 0. The van der Waals surface area contributed by atoms with E-state index in [9.17, 15) is 10.1 Å². The Hall–Kier alpha value is -2.08. The number of aromatic nitrogens is 2. The van der Waals surface area contributed by atoms with Crippen LogP contribution >= 0.6 is 11.6 Å². The minimum atomic E-state index is -0.494. The number of benzene rings is 1. The van der Waals surface area contributed by atoms with Crippen LogP contribution in [0.3, 0.4) is 0 Å². The average Bonchev–Trinajstić information content (AvgIpc) is 2.58. The first-order chi connectivity index (χ1) is 7.58. The molecule has 0 bridgehead atoms. The van der Waals surface area contributed by atoms with Gasteiger partial charge in [0, 0.05) is 18.2 Å². The summed E-state index contributed by atoms with van der Waals surface area (Å²) >= 11 is 5.79. The van der Waals surface area contributed by atoms with Crippen LogP contribution in [0.5, 0.6) is 5.88 Å². The first kappa shape index (κ1) is 10.4. The van der Waals surface area contributed by atoms with Crippen LogP contribution in [0.1, 0.15) is 0 Å². The van der Waals surface area contributed by atoms with Gasteiger partial charge in [-0.2, -0.15) is 0 Å². The van der Waals surface area contributed by atoms with Crippen molar-refractivity contribution in [3.8, 4) is 11.6 Å². The number of nitro benzene ring substituents is 1. The Kier molecular flexibility index (Phi) is 2.49. The van der Waals surface area contributed by atoms with E-state index in [1.165, 1.54) is 35.0 Å². The van der Waals surface area contributed by atoms with E-state index in [1.807, 2.05) is 0 Å². The van der Waals surface area contributed by atoms with E-state index >= 15 is 0 Å². The predicted octanol–water partition coefficient (Wildman–Crippen LogP) is 2.14. The Labute approximate surface area is 94.8 Å². The van der Waals surface area contributed by atoms with Crippen molar-refractivity contribution < 1.29 is 10.0 Å². The molecular formula is C9H6ClN3O3. The molecule has 2 aromatic rings. The summed E-state index contributed by atoms with van der Waals surface area (Å²) in [4.78, 5) is 9.94. The van der Waals surface area contributed by atoms with Gasteiger partial charge in [-0.05, 0) is 12.1 Å². The lowest BCUT2D eigenvalue weighted by molar-refractivity contribution is -0.384. The van der Waals surface area contributed by atoms with Crippen LogP contribution < -0.4 is 0 Å². The molecule has 16 heavy (non-hydrogen) atoms. The van der Waals surface area contributed by atoms with Crippen LogP contribution in [0, 0.1) is 10.1 Å². The van der Waals surface area contributed by atoms with Gasteiger partial charge in [0.25, 0.3) is 5.69 Å². The number of nitrogens with zero attached hydrogens (tertiary/aromatic N) is 3. The summed E-state index contributed by atoms with van der Waals surface area (Å²) in [6, 6.07) is 6.95. The second-order valence-corrected chi connectivity index (χ2v) is 3.40. The Bertz CT molecular complexity index is 535. The van der Waals surface area contributed by atoms with Gasteiger partial charge < -0.3 is 5.11 Å². The number of hydrogen-bond donors (Lipinski definition) is 1. The summed E-state index contributed by atoms with van der Waals surface area (Å²) in [6.45, 7) is 0. The van der Waals surface area contributed by atoms with Crippen molar-refractivity contribution in [1.29, 1.82) is 0 Å². The van der Waals surface area contributed by atoms with Gasteiger partial charge in [-0.15, -0.1) is 5.10 Å². The van der Waals surface area contributed by atoms with Crippen molar-refractivity contribution >= 4 is 17.3 Å². The summed E-state index contributed by atoms with van der Waals surface area (Å²) in [5.41, 5.74) is 0.521. The van der Waals surface area contributed by atoms with Gasteiger partial charge in [0.15, 0.2) is 0 Å². The molecule has 0 aliphatic heterocycles. The summed E-state index contributed by atoms with van der Waals surface area (Å²) in [5, 5.41) is 23.5. The molecule has 0 amide bonds. The van der Waals surface area contributed by atoms with E-state index in [0.717, 1.165) is 0 Å². The van der Waals surface area contributed by atoms with Crippen molar-refractivity contribution in [1.82, 2.24) is 9.78 Å². The zero-order valence-corrected chi connectivity index (χ0v) is 8.63. The highest BCUT2D eigenvalue weighted by molar-refractivity contribution is 6.29. The number of halogens is 1. The molecule has 0 saturated carbocycles. The standard InChI is InChI=1S/C9H6ClN3O3/c10-8-5-9(14)11-12(8)6-1-3-7(4-2-6)13(15)16/h1-5H,(H,11,14). The Balaban J connectivity index is 2.42. The third kappa shape index (κ3) is 1.82. The van der Waals surface area contributed by atoms with Gasteiger partial charge in [-0.25, -0.2) is 4.68 Å². The molecule has 0 aliphatic rings. The van der Waals surface area contributed by atoms with Gasteiger partial charge in [0.1, 0.15) is 5.15 Å². The van der Waals surface area contributed by atoms with Crippen molar-refractivity contribution in [3.05, 3.63) is 45.6 Å². The van der Waals surface area contributed by atoms with Crippen molar-refractivity contribution in [2.24, 2.45) is 0 Å². The summed E-state index contributed by atoms with van der Waals surface area (Å²) in [6.07, 6.45) is 0. The highest BCUT2D eigenvalue weighted by Gasteiger charge is 2.09. The first-order valence-corrected chi connectivity index (χ1v) is 4.65. The fourth-order valence-electron chi connectivity index (χ4n) is 1.24. The molecule has 1 N–H and O–H groups in total. The molecule has 6 nitrogen and oxygen atoms in total.